The highest BCUT2D eigenvalue weighted by Crippen LogP contribution is 2.26. The molecule has 2 heterocycles. The smallest absolute Gasteiger partial charge is 0.0702 e. The van der Waals surface area contributed by atoms with Crippen LogP contribution in [0.3, 0.4) is 0 Å². The van der Waals surface area contributed by atoms with E-state index in [2.05, 4.69) is 64.6 Å². The monoisotopic (exact) mass is 322 g/mol. The minimum absolute atomic E-state index is 0.842. The van der Waals surface area contributed by atoms with Crippen molar-refractivity contribution >= 4 is 0 Å². The molecule has 4 rings (SSSR count). The molecule has 0 atom stereocenters. The molecule has 0 saturated carbocycles. The van der Waals surface area contributed by atoms with Crippen molar-refractivity contribution in [1.82, 2.24) is 9.97 Å². The Kier molecular flexibility index (Phi) is 4.34. The van der Waals surface area contributed by atoms with E-state index in [1.807, 2.05) is 42.7 Å². The second-order valence-electron chi connectivity index (χ2n) is 5.99. The van der Waals surface area contributed by atoms with Crippen LogP contribution in [0.15, 0.2) is 97.3 Å². The van der Waals surface area contributed by atoms with Crippen LogP contribution in [0.25, 0.3) is 22.4 Å². The first-order valence-electron chi connectivity index (χ1n) is 8.39. The van der Waals surface area contributed by atoms with Crippen LogP contribution in [0.1, 0.15) is 11.3 Å². The summed E-state index contributed by atoms with van der Waals surface area (Å²) in [5.41, 5.74) is 6.89. The maximum absolute atomic E-state index is 4.45. The average Bonchev–Trinajstić information content (AvgIpc) is 2.70. The summed E-state index contributed by atoms with van der Waals surface area (Å²) in [5, 5.41) is 0. The SMILES string of the molecule is c1ccc(Cc2cccc(-c3cccc(-c4ccccn4)c3)c2)nc1. The van der Waals surface area contributed by atoms with Gasteiger partial charge in [-0.1, -0.05) is 54.6 Å². The summed E-state index contributed by atoms with van der Waals surface area (Å²) < 4.78 is 0. The molecule has 25 heavy (non-hydrogen) atoms. The lowest BCUT2D eigenvalue weighted by molar-refractivity contribution is 1.07. The zero-order chi connectivity index (χ0) is 16.9. The van der Waals surface area contributed by atoms with E-state index in [0.717, 1.165) is 23.4 Å². The Balaban J connectivity index is 1.65. The fourth-order valence-electron chi connectivity index (χ4n) is 2.96. The molecule has 0 spiro atoms. The van der Waals surface area contributed by atoms with Crippen molar-refractivity contribution in [3.8, 4) is 22.4 Å². The van der Waals surface area contributed by atoms with Gasteiger partial charge in [0, 0.05) is 30.1 Å². The molecule has 2 nitrogen and oxygen atoms in total. The maximum Gasteiger partial charge on any atom is 0.0702 e. The van der Waals surface area contributed by atoms with Gasteiger partial charge in [-0.3, -0.25) is 9.97 Å². The van der Waals surface area contributed by atoms with Crippen LogP contribution in [0, 0.1) is 0 Å². The molecule has 0 amide bonds. The number of aromatic nitrogens is 2. The van der Waals surface area contributed by atoms with Crippen LogP contribution < -0.4 is 0 Å². The van der Waals surface area contributed by atoms with E-state index in [-0.39, 0.29) is 0 Å². The minimum atomic E-state index is 0.842. The van der Waals surface area contributed by atoms with Crippen molar-refractivity contribution in [2.75, 3.05) is 0 Å². The fourth-order valence-corrected chi connectivity index (χ4v) is 2.96. The molecule has 0 fully saturated rings. The molecule has 4 aromatic rings. The molecule has 0 unspecified atom stereocenters. The molecular formula is C23H18N2. The Morgan fingerprint density at radius 2 is 1.28 bits per heavy atom. The number of pyridine rings is 2. The second-order valence-corrected chi connectivity index (χ2v) is 5.99. The molecule has 2 aromatic heterocycles. The molecule has 120 valence electrons. The van der Waals surface area contributed by atoms with Gasteiger partial charge in [-0.15, -0.1) is 0 Å². The van der Waals surface area contributed by atoms with Gasteiger partial charge < -0.3 is 0 Å². The van der Waals surface area contributed by atoms with E-state index < -0.39 is 0 Å². The minimum Gasteiger partial charge on any atom is -0.261 e. The topological polar surface area (TPSA) is 25.8 Å². The first-order valence-corrected chi connectivity index (χ1v) is 8.39. The molecule has 0 N–H and O–H groups in total. The zero-order valence-electron chi connectivity index (χ0n) is 13.8. The summed E-state index contributed by atoms with van der Waals surface area (Å²) in [6.45, 7) is 0. The summed E-state index contributed by atoms with van der Waals surface area (Å²) in [6.07, 6.45) is 4.51. The van der Waals surface area contributed by atoms with Crippen molar-refractivity contribution in [3.05, 3.63) is 109 Å². The lowest BCUT2D eigenvalue weighted by Crippen LogP contribution is -1.91. The summed E-state index contributed by atoms with van der Waals surface area (Å²) in [5.74, 6) is 0. The second kappa shape index (κ2) is 7.10. The third-order valence-corrected chi connectivity index (χ3v) is 4.19. The van der Waals surface area contributed by atoms with Gasteiger partial charge in [-0.05, 0) is 47.0 Å². The summed E-state index contributed by atoms with van der Waals surface area (Å²) >= 11 is 0. The van der Waals surface area contributed by atoms with Crippen molar-refractivity contribution in [2.24, 2.45) is 0 Å². The Morgan fingerprint density at radius 3 is 2.04 bits per heavy atom. The van der Waals surface area contributed by atoms with Crippen LogP contribution in [-0.4, -0.2) is 9.97 Å². The van der Waals surface area contributed by atoms with Crippen LogP contribution >= 0.6 is 0 Å². The van der Waals surface area contributed by atoms with Gasteiger partial charge in [-0.2, -0.15) is 0 Å². The van der Waals surface area contributed by atoms with Crippen molar-refractivity contribution in [2.45, 2.75) is 6.42 Å². The number of benzene rings is 2. The molecule has 0 radical (unpaired) electrons. The summed E-state index contributed by atoms with van der Waals surface area (Å²) in [6, 6.07) is 29.2. The molecule has 0 aliphatic rings. The predicted octanol–water partition coefficient (Wildman–Crippen LogP) is 5.40. The summed E-state index contributed by atoms with van der Waals surface area (Å²) in [4.78, 5) is 8.87. The van der Waals surface area contributed by atoms with E-state index >= 15 is 0 Å². The summed E-state index contributed by atoms with van der Waals surface area (Å²) in [7, 11) is 0. The van der Waals surface area contributed by atoms with Crippen LogP contribution in [0.4, 0.5) is 0 Å². The number of hydrogen-bond acceptors (Lipinski definition) is 2. The van der Waals surface area contributed by atoms with Crippen LogP contribution in [0.5, 0.6) is 0 Å². The lowest BCUT2D eigenvalue weighted by Gasteiger charge is -2.08. The van der Waals surface area contributed by atoms with Crippen LogP contribution in [0.2, 0.25) is 0 Å². The van der Waals surface area contributed by atoms with Crippen LogP contribution in [-0.2, 0) is 6.42 Å². The molecule has 0 aliphatic carbocycles. The largest absolute Gasteiger partial charge is 0.261 e. The third kappa shape index (κ3) is 3.64. The molecule has 0 saturated heterocycles. The number of rotatable bonds is 4. The van der Waals surface area contributed by atoms with Gasteiger partial charge in [0.2, 0.25) is 0 Å². The first-order chi connectivity index (χ1) is 12.4. The van der Waals surface area contributed by atoms with E-state index in [1.54, 1.807) is 0 Å². The van der Waals surface area contributed by atoms with E-state index in [1.165, 1.54) is 16.7 Å². The first kappa shape index (κ1) is 15.3. The number of hydrogen-bond donors (Lipinski definition) is 0. The zero-order valence-corrected chi connectivity index (χ0v) is 13.8. The van der Waals surface area contributed by atoms with Gasteiger partial charge in [0.25, 0.3) is 0 Å². The fraction of sp³-hybridized carbons (Fsp3) is 0.0435. The lowest BCUT2D eigenvalue weighted by atomic mass is 9.98. The van der Waals surface area contributed by atoms with E-state index in [4.69, 9.17) is 0 Å². The highest BCUT2D eigenvalue weighted by atomic mass is 14.7. The van der Waals surface area contributed by atoms with Gasteiger partial charge in [0.15, 0.2) is 0 Å². The molecule has 2 aromatic carbocycles. The van der Waals surface area contributed by atoms with E-state index in [9.17, 15) is 0 Å². The maximum atomic E-state index is 4.45. The standard InChI is InChI=1S/C23H18N2/c1-3-13-24-22(11-1)16-18-7-5-8-19(15-18)20-9-6-10-21(17-20)23-12-2-4-14-25-23/h1-15,17H,16H2. The molecule has 0 bridgehead atoms. The molecular weight excluding hydrogens is 304 g/mol. The molecule has 2 heteroatoms. The Labute approximate surface area is 147 Å². The van der Waals surface area contributed by atoms with Gasteiger partial charge in [0.05, 0.1) is 5.69 Å². The predicted molar refractivity (Wildman–Crippen MR) is 102 cm³/mol. The number of nitrogens with zero attached hydrogens (tertiary/aromatic N) is 2. The van der Waals surface area contributed by atoms with E-state index in [0.29, 0.717) is 0 Å². The normalized spacial score (nSPS) is 10.6. The van der Waals surface area contributed by atoms with Gasteiger partial charge in [-0.25, -0.2) is 0 Å². The third-order valence-electron chi connectivity index (χ3n) is 4.19. The Bertz CT molecular complexity index is 963. The highest BCUT2D eigenvalue weighted by Gasteiger charge is 2.04. The molecule has 0 aliphatic heterocycles. The van der Waals surface area contributed by atoms with Crippen molar-refractivity contribution in [1.29, 1.82) is 0 Å². The van der Waals surface area contributed by atoms with Gasteiger partial charge in [0.1, 0.15) is 0 Å². The Morgan fingerprint density at radius 1 is 0.560 bits per heavy atom. The van der Waals surface area contributed by atoms with Crippen molar-refractivity contribution < 1.29 is 0 Å². The quantitative estimate of drug-likeness (QED) is 0.502. The average molecular weight is 322 g/mol. The van der Waals surface area contributed by atoms with Gasteiger partial charge >= 0.3 is 0 Å². The van der Waals surface area contributed by atoms with Crippen molar-refractivity contribution in [3.63, 3.8) is 0 Å². The highest BCUT2D eigenvalue weighted by molar-refractivity contribution is 5.71. The Hall–Kier alpha value is -3.26.